The lowest BCUT2D eigenvalue weighted by atomic mass is 9.91. The second-order valence-electron chi connectivity index (χ2n) is 12.3. The quantitative estimate of drug-likeness (QED) is 0.366. The number of carbonyl (C=O) groups excluding carboxylic acids is 4. The van der Waals surface area contributed by atoms with Crippen LogP contribution in [0.5, 0.6) is 0 Å². The van der Waals surface area contributed by atoms with Gasteiger partial charge in [0.1, 0.15) is 29.2 Å². The molecule has 40 heavy (non-hydrogen) atoms. The number of amides is 2. The maximum atomic E-state index is 13.5. The van der Waals surface area contributed by atoms with Crippen LogP contribution in [0.1, 0.15) is 66.9 Å². The van der Waals surface area contributed by atoms with Crippen LogP contribution in [-0.4, -0.2) is 71.7 Å². The van der Waals surface area contributed by atoms with Crippen molar-refractivity contribution in [3.8, 4) is 0 Å². The Morgan fingerprint density at radius 1 is 0.950 bits per heavy atom. The van der Waals surface area contributed by atoms with E-state index in [0.29, 0.717) is 11.3 Å². The molecular formula is C29H40FNO9. The highest BCUT2D eigenvalue weighted by molar-refractivity contribution is 5.94. The van der Waals surface area contributed by atoms with Crippen LogP contribution < -0.4 is 0 Å². The van der Waals surface area contributed by atoms with Crippen molar-refractivity contribution in [3.05, 3.63) is 35.6 Å². The summed E-state index contributed by atoms with van der Waals surface area (Å²) in [5.41, 5.74) is -1.19. The van der Waals surface area contributed by atoms with Gasteiger partial charge in [0.15, 0.2) is 6.04 Å². The van der Waals surface area contributed by atoms with E-state index < -0.39 is 66.1 Å². The number of hydrogen-bond acceptors (Lipinski definition) is 9. The number of esters is 2. The number of ether oxygens (including phenoxy) is 5. The van der Waals surface area contributed by atoms with Crippen LogP contribution in [0, 0.1) is 17.7 Å². The van der Waals surface area contributed by atoms with Gasteiger partial charge in [-0.1, -0.05) is 12.1 Å². The van der Waals surface area contributed by atoms with Gasteiger partial charge in [-0.05, 0) is 85.4 Å². The Hall–Kier alpha value is -3.21. The lowest BCUT2D eigenvalue weighted by molar-refractivity contribution is -0.173. The molecule has 1 aromatic rings. The first kappa shape index (κ1) is 31.3. The number of rotatable bonds is 5. The van der Waals surface area contributed by atoms with E-state index in [4.69, 9.17) is 23.7 Å². The maximum Gasteiger partial charge on any atom is 0.420 e. The molecule has 10 nitrogen and oxygen atoms in total. The molecule has 0 spiro atoms. The van der Waals surface area contributed by atoms with E-state index >= 15 is 0 Å². The molecule has 0 unspecified atom stereocenters. The van der Waals surface area contributed by atoms with E-state index in [-0.39, 0.29) is 18.3 Å². The fourth-order valence-corrected chi connectivity index (χ4v) is 4.18. The van der Waals surface area contributed by atoms with E-state index in [1.54, 1.807) is 60.6 Å². The Labute approximate surface area is 234 Å². The number of hydrogen-bond donors (Lipinski definition) is 0. The average Bonchev–Trinajstić information content (AvgIpc) is 3.65. The molecule has 0 bridgehead atoms. The van der Waals surface area contributed by atoms with Crippen LogP contribution in [0.2, 0.25) is 0 Å². The van der Waals surface area contributed by atoms with Gasteiger partial charge in [0.05, 0.1) is 19.1 Å². The van der Waals surface area contributed by atoms with E-state index in [9.17, 15) is 23.6 Å². The SMILES string of the molecule is C[C@@H]1OC(=O)[C@@H](N(C(=O)OC(C)(C)C)C(=O)OC(C)(C)C)COC[C@H](Cc2ccc(F)cc2)[C@H]1OC(=O)C1CC1. The molecule has 1 saturated heterocycles. The van der Waals surface area contributed by atoms with Crippen molar-refractivity contribution >= 4 is 24.1 Å². The van der Waals surface area contributed by atoms with Crippen molar-refractivity contribution < 1.29 is 47.3 Å². The first-order valence-corrected chi connectivity index (χ1v) is 13.5. The maximum absolute atomic E-state index is 13.5. The second-order valence-corrected chi connectivity index (χ2v) is 12.3. The monoisotopic (exact) mass is 565 g/mol. The van der Waals surface area contributed by atoms with E-state index in [1.807, 2.05) is 0 Å². The average molecular weight is 566 g/mol. The lowest BCUT2D eigenvalue weighted by Gasteiger charge is -2.32. The van der Waals surface area contributed by atoms with Gasteiger partial charge in [-0.25, -0.2) is 18.8 Å². The summed E-state index contributed by atoms with van der Waals surface area (Å²) in [5, 5.41) is 0. The van der Waals surface area contributed by atoms with Crippen molar-refractivity contribution in [3.63, 3.8) is 0 Å². The zero-order valence-corrected chi connectivity index (χ0v) is 24.2. The van der Waals surface area contributed by atoms with Crippen LogP contribution in [0.3, 0.4) is 0 Å². The molecular weight excluding hydrogens is 525 g/mol. The van der Waals surface area contributed by atoms with Gasteiger partial charge in [0.25, 0.3) is 0 Å². The fraction of sp³-hybridized carbons (Fsp3) is 0.655. The molecule has 0 N–H and O–H groups in total. The smallest absolute Gasteiger partial charge is 0.420 e. The van der Waals surface area contributed by atoms with Gasteiger partial charge in [-0.15, -0.1) is 0 Å². The van der Waals surface area contributed by atoms with Crippen LogP contribution in [-0.2, 0) is 39.7 Å². The summed E-state index contributed by atoms with van der Waals surface area (Å²) in [6, 6.07) is 4.36. The molecule has 2 fully saturated rings. The molecule has 11 heteroatoms. The molecule has 1 aliphatic heterocycles. The summed E-state index contributed by atoms with van der Waals surface area (Å²) in [4.78, 5) is 53.0. The number of imide groups is 1. The molecule has 222 valence electrons. The lowest BCUT2D eigenvalue weighted by Crippen LogP contribution is -2.54. The Balaban J connectivity index is 1.92. The minimum Gasteiger partial charge on any atom is -0.458 e. The molecule has 1 saturated carbocycles. The number of carbonyl (C=O) groups is 4. The molecule has 1 heterocycles. The van der Waals surface area contributed by atoms with Crippen molar-refractivity contribution in [2.75, 3.05) is 13.2 Å². The van der Waals surface area contributed by atoms with Crippen LogP contribution in [0.25, 0.3) is 0 Å². The highest BCUT2D eigenvalue weighted by Crippen LogP contribution is 2.33. The van der Waals surface area contributed by atoms with Gasteiger partial charge in [0.2, 0.25) is 0 Å². The van der Waals surface area contributed by atoms with Crippen LogP contribution in [0.4, 0.5) is 14.0 Å². The summed E-state index contributed by atoms with van der Waals surface area (Å²) in [7, 11) is 0. The topological polar surface area (TPSA) is 118 Å². The largest absolute Gasteiger partial charge is 0.458 e. The third-order valence-electron chi connectivity index (χ3n) is 6.18. The highest BCUT2D eigenvalue weighted by Gasteiger charge is 2.45. The van der Waals surface area contributed by atoms with E-state index in [2.05, 4.69) is 0 Å². The number of cyclic esters (lactones) is 1. The van der Waals surface area contributed by atoms with Crippen molar-refractivity contribution in [1.29, 1.82) is 0 Å². The predicted octanol–water partition coefficient (Wildman–Crippen LogP) is 4.81. The molecule has 1 aliphatic carbocycles. The summed E-state index contributed by atoms with van der Waals surface area (Å²) in [6.45, 7) is 10.9. The molecule has 2 aliphatic rings. The predicted molar refractivity (Wildman–Crippen MR) is 141 cm³/mol. The molecule has 0 radical (unpaired) electrons. The Bertz CT molecular complexity index is 1040. The van der Waals surface area contributed by atoms with Gasteiger partial charge < -0.3 is 23.7 Å². The fourth-order valence-electron chi connectivity index (χ4n) is 4.18. The van der Waals surface area contributed by atoms with Gasteiger partial charge >= 0.3 is 24.1 Å². The molecule has 3 rings (SSSR count). The van der Waals surface area contributed by atoms with Gasteiger partial charge in [-0.3, -0.25) is 4.79 Å². The minimum absolute atomic E-state index is 0.00601. The zero-order chi connectivity index (χ0) is 29.8. The summed E-state index contributed by atoms with van der Waals surface area (Å²) >= 11 is 0. The molecule has 0 aromatic heterocycles. The second kappa shape index (κ2) is 12.5. The first-order chi connectivity index (χ1) is 18.5. The molecule has 4 atom stereocenters. The van der Waals surface area contributed by atoms with Crippen molar-refractivity contribution in [2.45, 2.75) is 97.2 Å². The third-order valence-corrected chi connectivity index (χ3v) is 6.18. The number of benzene rings is 1. The van der Waals surface area contributed by atoms with Crippen LogP contribution >= 0.6 is 0 Å². The summed E-state index contributed by atoms with van der Waals surface area (Å²) < 4.78 is 41.8. The van der Waals surface area contributed by atoms with Gasteiger partial charge in [0, 0.05) is 5.92 Å². The van der Waals surface area contributed by atoms with E-state index in [0.717, 1.165) is 18.4 Å². The summed E-state index contributed by atoms with van der Waals surface area (Å²) in [5.74, 6) is -2.41. The minimum atomic E-state index is -1.53. The molecule has 2 amide bonds. The highest BCUT2D eigenvalue weighted by atomic mass is 19.1. The molecule has 1 aromatic carbocycles. The number of halogens is 1. The first-order valence-electron chi connectivity index (χ1n) is 13.5. The van der Waals surface area contributed by atoms with Crippen molar-refractivity contribution in [1.82, 2.24) is 4.90 Å². The Morgan fingerprint density at radius 2 is 1.50 bits per heavy atom. The van der Waals surface area contributed by atoms with Crippen molar-refractivity contribution in [2.24, 2.45) is 11.8 Å². The van der Waals surface area contributed by atoms with Crippen LogP contribution in [0.15, 0.2) is 24.3 Å². The van der Waals surface area contributed by atoms with E-state index in [1.165, 1.54) is 12.1 Å². The Morgan fingerprint density at radius 3 is 2.00 bits per heavy atom. The third kappa shape index (κ3) is 9.18. The number of nitrogens with zero attached hydrogens (tertiary/aromatic N) is 1. The Kier molecular flexibility index (Phi) is 9.81. The normalized spacial score (nSPS) is 24.1. The van der Waals surface area contributed by atoms with Gasteiger partial charge in [-0.2, -0.15) is 4.90 Å². The summed E-state index contributed by atoms with van der Waals surface area (Å²) in [6.07, 6.45) is -2.26. The standard InChI is InChI=1S/C29H40FNO9/c1-17-23(38-24(32)19-10-11-19)20(14-18-8-12-21(30)13-9-18)15-36-16-22(25(33)37-17)31(26(34)39-28(2,3)4)27(35)40-29(5,6)7/h8-9,12-13,17,19-20,22-23H,10-11,14-16H2,1-7H3/t17-,20-,22-,23-/m0/s1. The zero-order valence-electron chi connectivity index (χ0n) is 24.2.